The molecule has 2 rings (SSSR count). The molecular formula is C9H14ClN3O2S. The number of H-pyrrole nitrogens is 1. The van der Waals surface area contributed by atoms with Crippen molar-refractivity contribution in [3.05, 3.63) is 11.9 Å². The van der Waals surface area contributed by atoms with Gasteiger partial charge in [0, 0.05) is 18.5 Å². The Morgan fingerprint density at radius 2 is 2.31 bits per heavy atom. The van der Waals surface area contributed by atoms with Gasteiger partial charge in [-0.2, -0.15) is 9.40 Å². The van der Waals surface area contributed by atoms with E-state index in [4.69, 9.17) is 11.6 Å². The van der Waals surface area contributed by atoms with Crippen molar-refractivity contribution in [3.8, 4) is 0 Å². The van der Waals surface area contributed by atoms with Gasteiger partial charge in [0.15, 0.2) is 0 Å². The average Bonchev–Trinajstić information content (AvgIpc) is 2.96. The molecule has 7 heteroatoms. The van der Waals surface area contributed by atoms with E-state index < -0.39 is 10.0 Å². The first-order chi connectivity index (χ1) is 7.57. The number of halogens is 1. The Morgan fingerprint density at radius 3 is 2.75 bits per heavy atom. The van der Waals surface area contributed by atoms with Gasteiger partial charge < -0.3 is 0 Å². The van der Waals surface area contributed by atoms with Crippen LogP contribution in [0.5, 0.6) is 0 Å². The fourth-order valence-corrected chi connectivity index (χ4v) is 3.76. The summed E-state index contributed by atoms with van der Waals surface area (Å²) in [5, 5.41) is 6.39. The maximum absolute atomic E-state index is 12.3. The van der Waals surface area contributed by atoms with Crippen molar-refractivity contribution in [1.82, 2.24) is 14.5 Å². The third kappa shape index (κ3) is 2.09. The van der Waals surface area contributed by atoms with Crippen molar-refractivity contribution in [3.63, 3.8) is 0 Å². The van der Waals surface area contributed by atoms with Gasteiger partial charge in [-0.3, -0.25) is 5.10 Å². The minimum atomic E-state index is -3.43. The van der Waals surface area contributed by atoms with Crippen LogP contribution in [-0.4, -0.2) is 41.4 Å². The molecule has 1 heterocycles. The van der Waals surface area contributed by atoms with E-state index in [1.165, 1.54) is 10.5 Å². The van der Waals surface area contributed by atoms with E-state index in [1.807, 2.05) is 0 Å². The van der Waals surface area contributed by atoms with Gasteiger partial charge in [0.2, 0.25) is 10.0 Å². The largest absolute Gasteiger partial charge is 0.281 e. The summed E-state index contributed by atoms with van der Waals surface area (Å²) >= 11 is 5.65. The molecule has 1 N–H and O–H groups in total. The monoisotopic (exact) mass is 263 g/mol. The second-order valence-electron chi connectivity index (χ2n) is 3.90. The summed E-state index contributed by atoms with van der Waals surface area (Å²) in [5.41, 5.74) is 0.570. The number of hydrogen-bond donors (Lipinski definition) is 1. The highest BCUT2D eigenvalue weighted by atomic mass is 35.5. The van der Waals surface area contributed by atoms with Crippen LogP contribution in [0.2, 0.25) is 0 Å². The Balaban J connectivity index is 2.32. The zero-order valence-corrected chi connectivity index (χ0v) is 10.6. The predicted octanol–water partition coefficient (Wildman–Crippen LogP) is 1.11. The first kappa shape index (κ1) is 11.9. The normalized spacial score (nSPS) is 16.9. The van der Waals surface area contributed by atoms with Crippen LogP contribution in [-0.2, 0) is 10.0 Å². The molecule has 5 nitrogen and oxygen atoms in total. The molecule has 0 aliphatic heterocycles. The molecule has 0 aromatic carbocycles. The van der Waals surface area contributed by atoms with Crippen LogP contribution in [0.1, 0.15) is 18.5 Å². The van der Waals surface area contributed by atoms with E-state index in [9.17, 15) is 8.42 Å². The topological polar surface area (TPSA) is 66.1 Å². The summed E-state index contributed by atoms with van der Waals surface area (Å²) < 4.78 is 26.1. The van der Waals surface area contributed by atoms with Gasteiger partial charge in [-0.15, -0.1) is 11.6 Å². The molecule has 90 valence electrons. The summed E-state index contributed by atoms with van der Waals surface area (Å²) in [4.78, 5) is 0.254. The van der Waals surface area contributed by atoms with Gasteiger partial charge in [0.25, 0.3) is 0 Å². The zero-order chi connectivity index (χ0) is 11.8. The molecular weight excluding hydrogens is 250 g/mol. The molecule has 1 aromatic heterocycles. The molecule has 0 unspecified atom stereocenters. The van der Waals surface area contributed by atoms with E-state index in [2.05, 4.69) is 10.2 Å². The molecule has 1 fully saturated rings. The molecule has 0 atom stereocenters. The standard InChI is InChI=1S/C9H14ClN3O2S/c1-7-9(6-11-12-7)16(14,15)13(5-4-10)8-2-3-8/h6,8H,2-5H2,1H3,(H,11,12). The van der Waals surface area contributed by atoms with E-state index in [0.717, 1.165) is 12.8 Å². The first-order valence-electron chi connectivity index (χ1n) is 5.15. The summed E-state index contributed by atoms with van der Waals surface area (Å²) in [6.07, 6.45) is 3.20. The highest BCUT2D eigenvalue weighted by Crippen LogP contribution is 2.32. The van der Waals surface area contributed by atoms with Crippen molar-refractivity contribution in [2.45, 2.75) is 30.7 Å². The second-order valence-corrected chi connectivity index (χ2v) is 6.13. The second kappa shape index (κ2) is 4.35. The van der Waals surface area contributed by atoms with E-state index in [1.54, 1.807) is 6.92 Å². The summed E-state index contributed by atoms with van der Waals surface area (Å²) in [5.74, 6) is 0.312. The Hall–Kier alpha value is -0.590. The maximum atomic E-state index is 12.3. The zero-order valence-electron chi connectivity index (χ0n) is 8.98. The van der Waals surface area contributed by atoms with Crippen LogP contribution in [0, 0.1) is 6.92 Å². The van der Waals surface area contributed by atoms with Crippen LogP contribution in [0.15, 0.2) is 11.1 Å². The fraction of sp³-hybridized carbons (Fsp3) is 0.667. The summed E-state index contributed by atoms with van der Waals surface area (Å²) in [7, 11) is -3.43. The van der Waals surface area contributed by atoms with E-state index in [-0.39, 0.29) is 10.9 Å². The smallest absolute Gasteiger partial charge is 0.246 e. The quantitative estimate of drug-likeness (QED) is 0.810. The Labute approximate surface area is 99.8 Å². The number of aromatic amines is 1. The lowest BCUT2D eigenvalue weighted by Gasteiger charge is -2.20. The first-order valence-corrected chi connectivity index (χ1v) is 7.12. The van der Waals surface area contributed by atoms with E-state index >= 15 is 0 Å². The fourth-order valence-electron chi connectivity index (χ4n) is 1.67. The van der Waals surface area contributed by atoms with Crippen LogP contribution in [0.25, 0.3) is 0 Å². The van der Waals surface area contributed by atoms with Crippen LogP contribution < -0.4 is 0 Å². The molecule has 0 saturated heterocycles. The Bertz CT molecular complexity index is 467. The van der Waals surface area contributed by atoms with Crippen molar-refractivity contribution in [2.24, 2.45) is 0 Å². The van der Waals surface area contributed by atoms with Gasteiger partial charge in [-0.25, -0.2) is 8.42 Å². The number of aromatic nitrogens is 2. The molecule has 1 aliphatic carbocycles. The van der Waals surface area contributed by atoms with Crippen molar-refractivity contribution < 1.29 is 8.42 Å². The number of nitrogens with one attached hydrogen (secondary N) is 1. The van der Waals surface area contributed by atoms with E-state index in [0.29, 0.717) is 18.1 Å². The molecule has 0 amide bonds. The molecule has 0 spiro atoms. The minimum absolute atomic E-state index is 0.123. The molecule has 16 heavy (non-hydrogen) atoms. The molecule has 1 saturated carbocycles. The van der Waals surface area contributed by atoms with Gasteiger partial charge in [0.1, 0.15) is 4.90 Å². The molecule has 0 bridgehead atoms. The SMILES string of the molecule is Cc1[nH]ncc1S(=O)(=O)N(CCCl)C1CC1. The third-order valence-electron chi connectivity index (χ3n) is 2.63. The Morgan fingerprint density at radius 1 is 1.62 bits per heavy atom. The average molecular weight is 264 g/mol. The van der Waals surface area contributed by atoms with Gasteiger partial charge in [0.05, 0.1) is 11.9 Å². The number of alkyl halides is 1. The number of rotatable bonds is 5. The number of aryl methyl sites for hydroxylation is 1. The van der Waals surface area contributed by atoms with Crippen LogP contribution in [0.3, 0.4) is 0 Å². The van der Waals surface area contributed by atoms with Gasteiger partial charge >= 0.3 is 0 Å². The van der Waals surface area contributed by atoms with Crippen LogP contribution in [0.4, 0.5) is 0 Å². The number of sulfonamides is 1. The lowest BCUT2D eigenvalue weighted by molar-refractivity contribution is 0.422. The number of nitrogens with zero attached hydrogens (tertiary/aromatic N) is 2. The summed E-state index contributed by atoms with van der Waals surface area (Å²) in [6.45, 7) is 2.06. The van der Waals surface area contributed by atoms with Crippen molar-refractivity contribution in [1.29, 1.82) is 0 Å². The van der Waals surface area contributed by atoms with Crippen molar-refractivity contribution in [2.75, 3.05) is 12.4 Å². The molecule has 1 aromatic rings. The highest BCUT2D eigenvalue weighted by molar-refractivity contribution is 7.89. The van der Waals surface area contributed by atoms with Gasteiger partial charge in [-0.05, 0) is 19.8 Å². The number of hydrogen-bond acceptors (Lipinski definition) is 3. The lowest BCUT2D eigenvalue weighted by atomic mass is 10.5. The van der Waals surface area contributed by atoms with Gasteiger partial charge in [-0.1, -0.05) is 0 Å². The minimum Gasteiger partial charge on any atom is -0.281 e. The highest BCUT2D eigenvalue weighted by Gasteiger charge is 2.38. The Kier molecular flexibility index (Phi) is 3.23. The summed E-state index contributed by atoms with van der Waals surface area (Å²) in [6, 6.07) is 0.123. The van der Waals surface area contributed by atoms with Crippen LogP contribution >= 0.6 is 11.6 Å². The molecule has 1 aliphatic rings. The predicted molar refractivity (Wildman–Crippen MR) is 61.0 cm³/mol. The third-order valence-corrected chi connectivity index (χ3v) is 4.86. The lowest BCUT2D eigenvalue weighted by Crippen LogP contribution is -2.34. The molecule has 0 radical (unpaired) electrons. The maximum Gasteiger partial charge on any atom is 0.246 e. The van der Waals surface area contributed by atoms with Crippen molar-refractivity contribution >= 4 is 21.6 Å².